The van der Waals surface area contributed by atoms with Crippen molar-refractivity contribution in [3.63, 3.8) is 0 Å². The van der Waals surface area contributed by atoms with E-state index in [0.717, 1.165) is 19.4 Å². The zero-order valence-corrected chi connectivity index (χ0v) is 7.17. The van der Waals surface area contributed by atoms with Gasteiger partial charge in [-0.3, -0.25) is 4.79 Å². The second-order valence-corrected chi connectivity index (χ2v) is 2.96. The number of piperidine rings is 1. The van der Waals surface area contributed by atoms with Crippen molar-refractivity contribution in [2.75, 3.05) is 20.1 Å². The highest BCUT2D eigenvalue weighted by Gasteiger charge is 2.22. The molecule has 1 saturated heterocycles. The first kappa shape index (κ1) is 9.03. The van der Waals surface area contributed by atoms with E-state index in [1.807, 2.05) is 6.29 Å². The fourth-order valence-corrected chi connectivity index (χ4v) is 1.42. The van der Waals surface area contributed by atoms with Crippen molar-refractivity contribution in [1.29, 1.82) is 0 Å². The molecule has 0 spiro atoms. The lowest BCUT2D eigenvalue weighted by molar-refractivity contribution is 0.179. The summed E-state index contributed by atoms with van der Waals surface area (Å²) in [5.41, 5.74) is 0. The molecule has 4 heteroatoms. The SMILES string of the molecule is CNC(=O)N1CCCC([C]=O)C1. The highest BCUT2D eigenvalue weighted by Crippen LogP contribution is 2.13. The van der Waals surface area contributed by atoms with E-state index >= 15 is 0 Å². The monoisotopic (exact) mass is 169 g/mol. The third kappa shape index (κ3) is 1.96. The third-order valence-electron chi connectivity index (χ3n) is 2.09. The summed E-state index contributed by atoms with van der Waals surface area (Å²) < 4.78 is 0. The van der Waals surface area contributed by atoms with Crippen LogP contribution in [0.15, 0.2) is 0 Å². The zero-order chi connectivity index (χ0) is 8.97. The lowest BCUT2D eigenvalue weighted by Gasteiger charge is -2.29. The average Bonchev–Trinajstić information content (AvgIpc) is 2.17. The summed E-state index contributed by atoms with van der Waals surface area (Å²) in [5, 5.41) is 2.54. The van der Waals surface area contributed by atoms with Crippen LogP contribution >= 0.6 is 0 Å². The number of nitrogens with one attached hydrogen (secondary N) is 1. The highest BCUT2D eigenvalue weighted by atomic mass is 16.2. The van der Waals surface area contributed by atoms with Gasteiger partial charge in [0.25, 0.3) is 0 Å². The van der Waals surface area contributed by atoms with Crippen molar-refractivity contribution < 1.29 is 9.59 Å². The van der Waals surface area contributed by atoms with Gasteiger partial charge >= 0.3 is 6.03 Å². The molecule has 1 unspecified atom stereocenters. The van der Waals surface area contributed by atoms with Gasteiger partial charge in [0.1, 0.15) is 0 Å². The summed E-state index contributed by atoms with van der Waals surface area (Å²) in [6.07, 6.45) is 3.70. The lowest BCUT2D eigenvalue weighted by Crippen LogP contribution is -2.44. The van der Waals surface area contributed by atoms with Gasteiger partial charge in [0.15, 0.2) is 0 Å². The Bertz CT molecular complexity index is 182. The van der Waals surface area contributed by atoms with Crippen LogP contribution in [0, 0.1) is 5.92 Å². The van der Waals surface area contributed by atoms with Gasteiger partial charge in [0.2, 0.25) is 6.29 Å². The Balaban J connectivity index is 2.45. The van der Waals surface area contributed by atoms with Crippen LogP contribution in [0.1, 0.15) is 12.8 Å². The minimum Gasteiger partial charge on any atom is -0.341 e. The van der Waals surface area contributed by atoms with Crippen LogP contribution in [0.4, 0.5) is 4.79 Å². The fourth-order valence-electron chi connectivity index (χ4n) is 1.42. The highest BCUT2D eigenvalue weighted by molar-refractivity contribution is 5.74. The molecule has 2 amide bonds. The van der Waals surface area contributed by atoms with Crippen LogP contribution in [0.25, 0.3) is 0 Å². The molecule has 0 aromatic heterocycles. The Labute approximate surface area is 71.9 Å². The third-order valence-corrected chi connectivity index (χ3v) is 2.09. The number of carbonyl (C=O) groups is 1. The maximum absolute atomic E-state index is 11.1. The van der Waals surface area contributed by atoms with Crippen LogP contribution in [-0.2, 0) is 4.79 Å². The Hall–Kier alpha value is -1.06. The summed E-state index contributed by atoms with van der Waals surface area (Å²) in [6, 6.07) is -0.102. The quantitative estimate of drug-likeness (QED) is 0.607. The van der Waals surface area contributed by atoms with Crippen LogP contribution in [0.3, 0.4) is 0 Å². The summed E-state index contributed by atoms with van der Waals surface area (Å²) in [4.78, 5) is 23.1. The van der Waals surface area contributed by atoms with E-state index in [4.69, 9.17) is 0 Å². The molecule has 0 aliphatic carbocycles. The van der Waals surface area contributed by atoms with Gasteiger partial charge in [-0.1, -0.05) is 0 Å². The number of hydrogen-bond donors (Lipinski definition) is 1. The van der Waals surface area contributed by atoms with Crippen molar-refractivity contribution in [2.45, 2.75) is 12.8 Å². The zero-order valence-electron chi connectivity index (χ0n) is 7.17. The van der Waals surface area contributed by atoms with Crippen molar-refractivity contribution in [2.24, 2.45) is 5.92 Å². The summed E-state index contributed by atoms with van der Waals surface area (Å²) >= 11 is 0. The van der Waals surface area contributed by atoms with Gasteiger partial charge in [0.05, 0.1) is 0 Å². The first-order valence-corrected chi connectivity index (χ1v) is 4.12. The molecule has 1 radical (unpaired) electrons. The molecule has 1 N–H and O–H groups in total. The molecule has 0 saturated carbocycles. The normalized spacial score (nSPS) is 23.4. The second kappa shape index (κ2) is 4.09. The maximum atomic E-state index is 11.1. The van der Waals surface area contributed by atoms with E-state index in [1.54, 1.807) is 11.9 Å². The Morgan fingerprint density at radius 2 is 2.42 bits per heavy atom. The van der Waals surface area contributed by atoms with Crippen LogP contribution in [0.2, 0.25) is 0 Å². The van der Waals surface area contributed by atoms with Crippen molar-refractivity contribution in [1.82, 2.24) is 10.2 Å². The molecule has 1 heterocycles. The summed E-state index contributed by atoms with van der Waals surface area (Å²) in [6.45, 7) is 1.26. The largest absolute Gasteiger partial charge is 0.341 e. The van der Waals surface area contributed by atoms with Gasteiger partial charge in [0, 0.05) is 26.1 Å². The molecule has 1 aliphatic heterocycles. The van der Waals surface area contributed by atoms with Gasteiger partial charge < -0.3 is 10.2 Å². The molecular weight excluding hydrogens is 156 g/mol. The first-order valence-electron chi connectivity index (χ1n) is 4.12. The van der Waals surface area contributed by atoms with Gasteiger partial charge in [-0.25, -0.2) is 4.79 Å². The number of amides is 2. The van der Waals surface area contributed by atoms with Gasteiger partial charge in [-0.2, -0.15) is 0 Å². The molecule has 0 aromatic rings. The summed E-state index contributed by atoms with van der Waals surface area (Å²) in [7, 11) is 1.59. The predicted molar refractivity (Wildman–Crippen MR) is 44.4 cm³/mol. The predicted octanol–water partition coefficient (Wildman–Crippen LogP) is 0.148. The van der Waals surface area contributed by atoms with Crippen molar-refractivity contribution >= 4 is 12.3 Å². The summed E-state index contributed by atoms with van der Waals surface area (Å²) in [5.74, 6) is -0.0870. The van der Waals surface area contributed by atoms with Gasteiger partial charge in [-0.05, 0) is 12.8 Å². The Kier molecular flexibility index (Phi) is 3.08. The fraction of sp³-hybridized carbons (Fsp3) is 0.750. The number of carbonyl (C=O) groups excluding carboxylic acids is 2. The van der Waals surface area contributed by atoms with E-state index in [9.17, 15) is 9.59 Å². The number of likely N-dealkylation sites (tertiary alicyclic amines) is 1. The Morgan fingerprint density at radius 1 is 1.67 bits per heavy atom. The molecular formula is C8H13N2O2. The number of urea groups is 1. The minimum atomic E-state index is -0.102. The lowest BCUT2D eigenvalue weighted by atomic mass is 10.0. The minimum absolute atomic E-state index is 0.0870. The molecule has 12 heavy (non-hydrogen) atoms. The number of nitrogens with zero attached hydrogens (tertiary/aromatic N) is 1. The number of hydrogen-bond acceptors (Lipinski definition) is 2. The standard InChI is InChI=1S/C8H13N2O2/c1-9-8(12)10-4-2-3-7(5-10)6-11/h7H,2-5H2,1H3,(H,9,12). The maximum Gasteiger partial charge on any atom is 0.317 e. The molecule has 1 atom stereocenters. The van der Waals surface area contributed by atoms with E-state index in [2.05, 4.69) is 5.32 Å². The van der Waals surface area contributed by atoms with Crippen LogP contribution in [-0.4, -0.2) is 37.4 Å². The topological polar surface area (TPSA) is 49.4 Å². The number of rotatable bonds is 1. The smallest absolute Gasteiger partial charge is 0.317 e. The molecule has 1 fully saturated rings. The van der Waals surface area contributed by atoms with E-state index < -0.39 is 0 Å². The van der Waals surface area contributed by atoms with Crippen LogP contribution < -0.4 is 5.32 Å². The molecule has 67 valence electrons. The second-order valence-electron chi connectivity index (χ2n) is 2.96. The van der Waals surface area contributed by atoms with E-state index in [0.29, 0.717) is 6.54 Å². The van der Waals surface area contributed by atoms with E-state index in [1.165, 1.54) is 0 Å². The molecule has 1 rings (SSSR count). The molecule has 0 aromatic carbocycles. The Morgan fingerprint density at radius 3 is 3.00 bits per heavy atom. The molecule has 1 aliphatic rings. The van der Waals surface area contributed by atoms with E-state index in [-0.39, 0.29) is 11.9 Å². The van der Waals surface area contributed by atoms with Gasteiger partial charge in [-0.15, -0.1) is 0 Å². The van der Waals surface area contributed by atoms with Crippen molar-refractivity contribution in [3.8, 4) is 0 Å². The molecule has 4 nitrogen and oxygen atoms in total. The van der Waals surface area contributed by atoms with Crippen LogP contribution in [0.5, 0.6) is 0 Å². The molecule has 0 bridgehead atoms. The average molecular weight is 169 g/mol. The van der Waals surface area contributed by atoms with Crippen molar-refractivity contribution in [3.05, 3.63) is 0 Å². The first-order chi connectivity index (χ1) is 5.77.